The minimum Gasteiger partial charge on any atom is -0.444 e. The molecule has 2 aliphatic carbocycles. The summed E-state index contributed by atoms with van der Waals surface area (Å²) in [5.74, 6) is 0. The molecule has 0 aromatic rings. The predicted molar refractivity (Wildman–Crippen MR) is 75.2 cm³/mol. The molecule has 5 nitrogen and oxygen atoms in total. The highest BCUT2D eigenvalue weighted by atomic mass is 16.6. The zero-order valence-corrected chi connectivity index (χ0v) is 13.3. The SMILES string of the molecule is CC(C)(C)OC(=O)N[C@@]12CC[C@@](C)([C@H](O)[C@H]1O)C2(C)C. The molecule has 5 heteroatoms. The fourth-order valence-electron chi connectivity index (χ4n) is 4.02. The number of amides is 1. The average molecular weight is 285 g/mol. The van der Waals surface area contributed by atoms with Gasteiger partial charge in [0, 0.05) is 5.41 Å². The number of aliphatic hydroxyl groups excluding tert-OH is 2. The lowest BCUT2D eigenvalue weighted by Gasteiger charge is -2.42. The van der Waals surface area contributed by atoms with Crippen LogP contribution >= 0.6 is 0 Å². The first-order valence-corrected chi connectivity index (χ1v) is 7.25. The molecule has 2 rings (SSSR count). The van der Waals surface area contributed by atoms with Crippen LogP contribution in [0.25, 0.3) is 0 Å². The van der Waals surface area contributed by atoms with E-state index in [4.69, 9.17) is 4.74 Å². The standard InChI is InChI=1S/C15H27NO4/c1-12(2,3)20-11(19)16-15-8-7-14(6,13(15,4)5)9(17)10(15)18/h9-10,17-18H,7-8H2,1-6H3,(H,16,19)/t9-,10-,14+,15+/m1/s1. The van der Waals surface area contributed by atoms with E-state index < -0.39 is 40.3 Å². The highest BCUT2D eigenvalue weighted by Gasteiger charge is 2.74. The molecule has 0 aromatic heterocycles. The van der Waals surface area contributed by atoms with Gasteiger partial charge in [-0.25, -0.2) is 4.79 Å². The van der Waals surface area contributed by atoms with E-state index in [9.17, 15) is 15.0 Å². The predicted octanol–water partition coefficient (Wildman–Crippen LogP) is 1.81. The van der Waals surface area contributed by atoms with Gasteiger partial charge in [0.25, 0.3) is 0 Å². The molecule has 0 saturated heterocycles. The van der Waals surface area contributed by atoms with E-state index in [0.717, 1.165) is 6.42 Å². The summed E-state index contributed by atoms with van der Waals surface area (Å²) in [5.41, 5.74) is -2.23. The number of carbonyl (C=O) groups excluding carboxylic acids is 1. The van der Waals surface area contributed by atoms with Gasteiger partial charge in [-0.1, -0.05) is 20.8 Å². The number of hydrogen-bond donors (Lipinski definition) is 3. The molecule has 0 aliphatic heterocycles. The van der Waals surface area contributed by atoms with Crippen molar-refractivity contribution in [3.8, 4) is 0 Å². The van der Waals surface area contributed by atoms with Gasteiger partial charge in [0.2, 0.25) is 0 Å². The first-order chi connectivity index (χ1) is 8.87. The van der Waals surface area contributed by atoms with Gasteiger partial charge in [-0.3, -0.25) is 0 Å². The van der Waals surface area contributed by atoms with E-state index in [1.165, 1.54) is 0 Å². The van der Waals surface area contributed by atoms with Gasteiger partial charge in [0.15, 0.2) is 0 Å². The second kappa shape index (κ2) is 4.10. The molecule has 2 fully saturated rings. The lowest BCUT2D eigenvalue weighted by atomic mass is 9.68. The lowest BCUT2D eigenvalue weighted by molar-refractivity contribution is -0.0598. The summed E-state index contributed by atoms with van der Waals surface area (Å²) in [6.45, 7) is 11.4. The fourth-order valence-corrected chi connectivity index (χ4v) is 4.02. The van der Waals surface area contributed by atoms with Crippen molar-refractivity contribution in [3.05, 3.63) is 0 Å². The molecular formula is C15H27NO4. The quantitative estimate of drug-likeness (QED) is 0.686. The van der Waals surface area contributed by atoms with Gasteiger partial charge >= 0.3 is 6.09 Å². The van der Waals surface area contributed by atoms with Crippen molar-refractivity contribution in [2.45, 2.75) is 77.7 Å². The molecule has 116 valence electrons. The van der Waals surface area contributed by atoms with Gasteiger partial charge < -0.3 is 20.3 Å². The molecule has 4 atom stereocenters. The Hall–Kier alpha value is -0.810. The van der Waals surface area contributed by atoms with Crippen LogP contribution < -0.4 is 5.32 Å². The Kier molecular flexibility index (Phi) is 3.20. The molecule has 20 heavy (non-hydrogen) atoms. The first kappa shape index (κ1) is 15.6. The normalized spacial score (nSPS) is 42.6. The smallest absolute Gasteiger partial charge is 0.408 e. The van der Waals surface area contributed by atoms with Gasteiger partial charge in [-0.2, -0.15) is 0 Å². The summed E-state index contributed by atoms with van der Waals surface area (Å²) < 4.78 is 5.31. The van der Waals surface area contributed by atoms with Gasteiger partial charge in [-0.05, 0) is 39.0 Å². The molecule has 0 radical (unpaired) electrons. The van der Waals surface area contributed by atoms with E-state index in [1.54, 1.807) is 20.8 Å². The van der Waals surface area contributed by atoms with Crippen molar-refractivity contribution in [2.24, 2.45) is 10.8 Å². The molecule has 0 unspecified atom stereocenters. The van der Waals surface area contributed by atoms with Crippen LogP contribution in [0.5, 0.6) is 0 Å². The van der Waals surface area contributed by atoms with Crippen LogP contribution in [0.2, 0.25) is 0 Å². The number of rotatable bonds is 1. The third kappa shape index (κ3) is 1.79. The van der Waals surface area contributed by atoms with E-state index in [1.807, 2.05) is 20.8 Å². The Morgan fingerprint density at radius 3 is 2.10 bits per heavy atom. The maximum absolute atomic E-state index is 12.1. The molecular weight excluding hydrogens is 258 g/mol. The number of fused-ring (bicyclic) bond motifs is 2. The Morgan fingerprint density at radius 2 is 1.70 bits per heavy atom. The molecule has 0 spiro atoms. The Labute approximate surface area is 120 Å². The zero-order valence-electron chi connectivity index (χ0n) is 13.3. The highest BCUT2D eigenvalue weighted by Crippen LogP contribution is 2.67. The topological polar surface area (TPSA) is 78.8 Å². The maximum Gasteiger partial charge on any atom is 0.408 e. The number of ether oxygens (including phenoxy) is 1. The van der Waals surface area contributed by atoms with Crippen molar-refractivity contribution >= 4 is 6.09 Å². The Balaban J connectivity index is 2.28. The van der Waals surface area contributed by atoms with Crippen molar-refractivity contribution in [3.63, 3.8) is 0 Å². The third-order valence-corrected chi connectivity index (χ3v) is 5.76. The van der Waals surface area contributed by atoms with Crippen LogP contribution in [0, 0.1) is 10.8 Å². The number of carbonyl (C=O) groups is 1. The Morgan fingerprint density at radius 1 is 1.15 bits per heavy atom. The van der Waals surface area contributed by atoms with Gasteiger partial charge in [0.05, 0.1) is 11.6 Å². The van der Waals surface area contributed by atoms with E-state index in [0.29, 0.717) is 6.42 Å². The summed E-state index contributed by atoms with van der Waals surface area (Å²) in [4.78, 5) is 12.1. The third-order valence-electron chi connectivity index (χ3n) is 5.76. The zero-order chi connectivity index (χ0) is 15.6. The number of aliphatic hydroxyl groups is 2. The van der Waals surface area contributed by atoms with Crippen LogP contribution in [0.1, 0.15) is 54.4 Å². The molecule has 1 amide bonds. The summed E-state index contributed by atoms with van der Waals surface area (Å²) in [6, 6.07) is 0. The summed E-state index contributed by atoms with van der Waals surface area (Å²) in [7, 11) is 0. The van der Waals surface area contributed by atoms with Crippen LogP contribution in [0.4, 0.5) is 4.79 Å². The van der Waals surface area contributed by atoms with Crippen LogP contribution in [0.15, 0.2) is 0 Å². The van der Waals surface area contributed by atoms with Crippen molar-refractivity contribution in [2.75, 3.05) is 0 Å². The minimum atomic E-state index is -0.969. The molecule has 3 N–H and O–H groups in total. The first-order valence-electron chi connectivity index (χ1n) is 7.25. The van der Waals surface area contributed by atoms with Crippen LogP contribution in [-0.2, 0) is 4.74 Å². The summed E-state index contributed by atoms with van der Waals surface area (Å²) >= 11 is 0. The average Bonchev–Trinajstić information content (AvgIpc) is 2.50. The van der Waals surface area contributed by atoms with Crippen molar-refractivity contribution in [1.82, 2.24) is 5.32 Å². The molecule has 2 saturated carbocycles. The van der Waals surface area contributed by atoms with Crippen molar-refractivity contribution in [1.29, 1.82) is 0 Å². The second-order valence-electron chi connectivity index (χ2n) is 8.03. The largest absolute Gasteiger partial charge is 0.444 e. The summed E-state index contributed by atoms with van der Waals surface area (Å²) in [6.07, 6.45) is -0.921. The maximum atomic E-state index is 12.1. The van der Waals surface area contributed by atoms with E-state index in [-0.39, 0.29) is 0 Å². The van der Waals surface area contributed by atoms with Crippen molar-refractivity contribution < 1.29 is 19.7 Å². The highest BCUT2D eigenvalue weighted by molar-refractivity contribution is 5.69. The van der Waals surface area contributed by atoms with Crippen LogP contribution in [0.3, 0.4) is 0 Å². The fraction of sp³-hybridized carbons (Fsp3) is 0.933. The number of alkyl carbamates (subject to hydrolysis) is 1. The summed E-state index contributed by atoms with van der Waals surface area (Å²) in [5, 5.41) is 23.7. The second-order valence-corrected chi connectivity index (χ2v) is 8.03. The van der Waals surface area contributed by atoms with Gasteiger partial charge in [0.1, 0.15) is 11.7 Å². The number of nitrogens with one attached hydrogen (secondary N) is 1. The number of hydrogen-bond acceptors (Lipinski definition) is 4. The lowest BCUT2D eigenvalue weighted by Crippen LogP contribution is -2.61. The van der Waals surface area contributed by atoms with Gasteiger partial charge in [-0.15, -0.1) is 0 Å². The molecule has 2 bridgehead atoms. The minimum absolute atomic E-state index is 0.401. The Bertz CT molecular complexity index is 428. The molecule has 0 heterocycles. The monoisotopic (exact) mass is 285 g/mol. The van der Waals surface area contributed by atoms with E-state index in [2.05, 4.69) is 5.32 Å². The van der Waals surface area contributed by atoms with Crippen LogP contribution in [-0.4, -0.2) is 39.7 Å². The molecule has 0 aromatic carbocycles. The molecule has 2 aliphatic rings. The van der Waals surface area contributed by atoms with E-state index >= 15 is 0 Å².